The smallest absolute Gasteiger partial charge is 0.242 e. The van der Waals surface area contributed by atoms with Crippen LogP contribution in [0.1, 0.15) is 30.7 Å². The second-order valence-corrected chi connectivity index (χ2v) is 10.4. The second-order valence-electron chi connectivity index (χ2n) is 10.0. The van der Waals surface area contributed by atoms with E-state index in [0.717, 1.165) is 40.0 Å². The van der Waals surface area contributed by atoms with E-state index >= 15 is 0 Å². The van der Waals surface area contributed by atoms with Gasteiger partial charge in [-0.25, -0.2) is 0 Å². The van der Waals surface area contributed by atoms with Crippen molar-refractivity contribution in [3.05, 3.63) is 82.6 Å². The molecule has 2 aromatic carbocycles. The fraction of sp³-hybridized carbons (Fsp3) is 0.345. The van der Waals surface area contributed by atoms with Crippen LogP contribution in [0.15, 0.2) is 60.8 Å². The number of carbonyl (C=O) groups excluding carboxylic acids is 1. The van der Waals surface area contributed by atoms with Crippen LogP contribution >= 0.6 is 36.4 Å². The van der Waals surface area contributed by atoms with E-state index in [1.165, 1.54) is 0 Å². The second kappa shape index (κ2) is 13.5. The van der Waals surface area contributed by atoms with E-state index < -0.39 is 0 Å². The maximum Gasteiger partial charge on any atom is 0.242 e. The van der Waals surface area contributed by atoms with Gasteiger partial charge < -0.3 is 4.74 Å². The Labute approximate surface area is 246 Å². The SMILES string of the molecule is Cc1cc(N2CCN(Cc3cccc4cccnc34)CC2=O)nn1Cc1cc(Cl)ccc1OCC(C)C.Cl.Cl. The summed E-state index contributed by atoms with van der Waals surface area (Å²) in [5.74, 6) is 1.96. The van der Waals surface area contributed by atoms with Crippen LogP contribution < -0.4 is 9.64 Å². The fourth-order valence-electron chi connectivity index (χ4n) is 4.65. The van der Waals surface area contributed by atoms with Gasteiger partial charge in [0.2, 0.25) is 5.91 Å². The molecule has 39 heavy (non-hydrogen) atoms. The van der Waals surface area contributed by atoms with Crippen molar-refractivity contribution in [1.29, 1.82) is 0 Å². The molecule has 0 aliphatic carbocycles. The van der Waals surface area contributed by atoms with Crippen molar-refractivity contribution in [2.45, 2.75) is 33.9 Å². The highest BCUT2D eigenvalue weighted by molar-refractivity contribution is 6.30. The molecule has 10 heteroatoms. The first-order valence-corrected chi connectivity index (χ1v) is 13.1. The summed E-state index contributed by atoms with van der Waals surface area (Å²) >= 11 is 6.29. The van der Waals surface area contributed by atoms with Crippen molar-refractivity contribution in [2.24, 2.45) is 5.92 Å². The summed E-state index contributed by atoms with van der Waals surface area (Å²) in [6, 6.07) is 17.9. The van der Waals surface area contributed by atoms with Crippen molar-refractivity contribution in [1.82, 2.24) is 19.7 Å². The van der Waals surface area contributed by atoms with Crippen LogP contribution in [-0.2, 0) is 17.9 Å². The Bertz CT molecular complexity index is 1420. The largest absolute Gasteiger partial charge is 0.493 e. The van der Waals surface area contributed by atoms with Gasteiger partial charge in [-0.15, -0.1) is 24.8 Å². The number of fused-ring (bicyclic) bond motifs is 1. The van der Waals surface area contributed by atoms with Crippen molar-refractivity contribution in [2.75, 3.05) is 31.1 Å². The van der Waals surface area contributed by atoms with Gasteiger partial charge in [0.25, 0.3) is 0 Å². The van der Waals surface area contributed by atoms with Crippen LogP contribution in [0, 0.1) is 12.8 Å². The van der Waals surface area contributed by atoms with E-state index in [0.29, 0.717) is 49.5 Å². The summed E-state index contributed by atoms with van der Waals surface area (Å²) in [7, 11) is 0. The minimum Gasteiger partial charge on any atom is -0.493 e. The molecular weight excluding hydrogens is 557 g/mol. The Morgan fingerprint density at radius 3 is 2.56 bits per heavy atom. The molecule has 7 nitrogen and oxygen atoms in total. The molecule has 1 fully saturated rings. The van der Waals surface area contributed by atoms with E-state index in [9.17, 15) is 4.79 Å². The summed E-state index contributed by atoms with van der Waals surface area (Å²) in [5.41, 5.74) is 4.07. The average Bonchev–Trinajstić information content (AvgIpc) is 3.23. The number of anilines is 1. The van der Waals surface area contributed by atoms with Gasteiger partial charge in [0.15, 0.2) is 5.82 Å². The molecule has 2 aromatic heterocycles. The van der Waals surface area contributed by atoms with Crippen LogP contribution in [0.25, 0.3) is 10.9 Å². The number of carbonyl (C=O) groups is 1. The minimum atomic E-state index is 0. The molecule has 4 aromatic rings. The Hall–Kier alpha value is -2.84. The van der Waals surface area contributed by atoms with Gasteiger partial charge in [-0.1, -0.05) is 49.7 Å². The van der Waals surface area contributed by atoms with Crippen LogP contribution in [0.2, 0.25) is 5.02 Å². The molecule has 208 valence electrons. The summed E-state index contributed by atoms with van der Waals surface area (Å²) in [5, 5.41) is 6.56. The first-order valence-electron chi connectivity index (χ1n) is 12.7. The van der Waals surface area contributed by atoms with Crippen molar-refractivity contribution >= 4 is 59.0 Å². The molecular formula is C29H34Cl3N5O2. The minimum absolute atomic E-state index is 0. The number of halogens is 3. The van der Waals surface area contributed by atoms with Crippen LogP contribution in [0.3, 0.4) is 0 Å². The fourth-order valence-corrected chi connectivity index (χ4v) is 4.84. The zero-order valence-electron chi connectivity index (χ0n) is 22.3. The third-order valence-electron chi connectivity index (χ3n) is 6.57. The molecule has 5 rings (SSSR count). The van der Waals surface area contributed by atoms with Crippen molar-refractivity contribution in [3.63, 3.8) is 0 Å². The normalized spacial score (nSPS) is 13.9. The lowest BCUT2D eigenvalue weighted by Crippen LogP contribution is -2.50. The number of aryl methyl sites for hydroxylation is 1. The van der Waals surface area contributed by atoms with Gasteiger partial charge in [0.05, 0.1) is 25.2 Å². The number of amides is 1. The molecule has 0 spiro atoms. The lowest BCUT2D eigenvalue weighted by atomic mass is 10.1. The van der Waals surface area contributed by atoms with E-state index in [1.54, 1.807) is 4.90 Å². The maximum absolute atomic E-state index is 13.2. The van der Waals surface area contributed by atoms with E-state index in [4.69, 9.17) is 21.4 Å². The van der Waals surface area contributed by atoms with Crippen molar-refractivity contribution < 1.29 is 9.53 Å². The number of rotatable bonds is 8. The van der Waals surface area contributed by atoms with E-state index in [-0.39, 0.29) is 30.7 Å². The standard InChI is InChI=1S/C29H32ClN5O2.2ClH/c1-20(2)19-37-26-10-9-25(30)15-24(26)17-35-21(3)14-27(32-35)34-13-12-33(18-28(34)36)16-23-7-4-6-22-8-5-11-31-29(22)23;;/h4-11,14-15,20H,12-13,16-19H2,1-3H3;2*1H. The number of ether oxygens (including phenoxy) is 1. The summed E-state index contributed by atoms with van der Waals surface area (Å²) in [6.45, 7) is 9.78. The predicted molar refractivity (Wildman–Crippen MR) is 162 cm³/mol. The third-order valence-corrected chi connectivity index (χ3v) is 6.80. The molecule has 0 bridgehead atoms. The molecule has 1 aliphatic rings. The molecule has 0 atom stereocenters. The lowest BCUT2D eigenvalue weighted by molar-refractivity contribution is -0.121. The highest BCUT2D eigenvalue weighted by Crippen LogP contribution is 2.26. The number of benzene rings is 2. The topological polar surface area (TPSA) is 63.5 Å². The molecule has 1 amide bonds. The summed E-state index contributed by atoms with van der Waals surface area (Å²) in [6.07, 6.45) is 1.82. The number of nitrogens with zero attached hydrogens (tertiary/aromatic N) is 5. The van der Waals surface area contributed by atoms with Gasteiger partial charge >= 0.3 is 0 Å². The Morgan fingerprint density at radius 2 is 1.79 bits per heavy atom. The molecule has 1 aliphatic heterocycles. The highest BCUT2D eigenvalue weighted by atomic mass is 35.5. The predicted octanol–water partition coefficient (Wildman–Crippen LogP) is 6.17. The Morgan fingerprint density at radius 1 is 1.00 bits per heavy atom. The van der Waals surface area contributed by atoms with Crippen LogP contribution in [0.5, 0.6) is 5.75 Å². The van der Waals surface area contributed by atoms with Gasteiger partial charge in [-0.05, 0) is 42.7 Å². The van der Waals surface area contributed by atoms with Crippen LogP contribution in [-0.4, -0.2) is 51.8 Å². The monoisotopic (exact) mass is 589 g/mol. The molecule has 0 N–H and O–H groups in total. The lowest BCUT2D eigenvalue weighted by Gasteiger charge is -2.33. The van der Waals surface area contributed by atoms with Gasteiger partial charge in [-0.3, -0.25) is 24.3 Å². The Balaban J connectivity index is 0.00000210. The average molecular weight is 591 g/mol. The molecule has 0 unspecified atom stereocenters. The Kier molecular flexibility index (Phi) is 10.6. The number of para-hydroxylation sites is 1. The summed E-state index contributed by atoms with van der Waals surface area (Å²) in [4.78, 5) is 21.7. The summed E-state index contributed by atoms with van der Waals surface area (Å²) < 4.78 is 7.93. The zero-order chi connectivity index (χ0) is 25.9. The number of hydrogen-bond donors (Lipinski definition) is 0. The molecule has 1 saturated heterocycles. The van der Waals surface area contributed by atoms with Gasteiger partial charge in [0, 0.05) is 53.6 Å². The van der Waals surface area contributed by atoms with E-state index in [2.05, 4.69) is 41.9 Å². The van der Waals surface area contributed by atoms with Gasteiger partial charge in [0.1, 0.15) is 5.75 Å². The highest BCUT2D eigenvalue weighted by Gasteiger charge is 2.27. The van der Waals surface area contributed by atoms with E-state index in [1.807, 2.05) is 54.2 Å². The number of piperazine rings is 1. The first-order chi connectivity index (χ1) is 17.9. The zero-order valence-corrected chi connectivity index (χ0v) is 24.7. The molecule has 3 heterocycles. The maximum atomic E-state index is 13.2. The number of hydrogen-bond acceptors (Lipinski definition) is 5. The third kappa shape index (κ3) is 7.22. The quantitative estimate of drug-likeness (QED) is 0.246. The molecule has 0 saturated carbocycles. The van der Waals surface area contributed by atoms with Crippen LogP contribution in [0.4, 0.5) is 5.82 Å². The first kappa shape index (κ1) is 30.7. The number of aromatic nitrogens is 3. The van der Waals surface area contributed by atoms with Crippen molar-refractivity contribution in [3.8, 4) is 5.75 Å². The van der Waals surface area contributed by atoms with Gasteiger partial charge in [-0.2, -0.15) is 5.10 Å². The number of pyridine rings is 1. The molecule has 0 radical (unpaired) electrons.